The second kappa shape index (κ2) is 11.0. The Morgan fingerprint density at radius 2 is 1.89 bits per heavy atom. The molecule has 1 heterocycles. The lowest BCUT2D eigenvalue weighted by Crippen LogP contribution is -2.48. The van der Waals surface area contributed by atoms with E-state index in [2.05, 4.69) is 20.5 Å². The summed E-state index contributed by atoms with van der Waals surface area (Å²) in [6.45, 7) is 11.1. The number of hydrogen-bond acceptors (Lipinski definition) is 4. The number of ether oxygens (including phenoxy) is 1. The maximum absolute atomic E-state index is 12.2. The number of nitrogens with zero attached hydrogens (tertiary/aromatic N) is 3. The molecular weight excluding hydrogens is 346 g/mol. The average molecular weight is 384 g/mol. The van der Waals surface area contributed by atoms with E-state index in [1.165, 1.54) is 0 Å². The Bertz CT molecular complexity index is 508. The molecule has 0 spiro atoms. The molecule has 0 aromatic rings. The minimum absolute atomic E-state index is 0.109. The van der Waals surface area contributed by atoms with E-state index < -0.39 is 5.60 Å². The van der Waals surface area contributed by atoms with Crippen molar-refractivity contribution in [1.29, 1.82) is 0 Å². The number of likely N-dealkylation sites (N-methyl/N-ethyl adjacent to an activating group) is 1. The van der Waals surface area contributed by atoms with E-state index in [1.54, 1.807) is 19.0 Å². The Kier molecular flexibility index (Phi) is 9.38. The minimum Gasteiger partial charge on any atom is -0.444 e. The molecule has 1 aliphatic rings. The number of rotatable bonds is 6. The maximum Gasteiger partial charge on any atom is 0.410 e. The van der Waals surface area contributed by atoms with Crippen molar-refractivity contribution in [3.63, 3.8) is 0 Å². The lowest BCUT2D eigenvalue weighted by molar-refractivity contribution is -0.121. The molecule has 27 heavy (non-hydrogen) atoms. The maximum atomic E-state index is 12.2. The van der Waals surface area contributed by atoms with Crippen LogP contribution in [0.25, 0.3) is 0 Å². The van der Waals surface area contributed by atoms with E-state index in [0.717, 1.165) is 31.9 Å². The first-order valence-corrected chi connectivity index (χ1v) is 9.84. The van der Waals surface area contributed by atoms with E-state index in [-0.39, 0.29) is 12.0 Å². The van der Waals surface area contributed by atoms with Gasteiger partial charge in [0, 0.05) is 53.2 Å². The summed E-state index contributed by atoms with van der Waals surface area (Å²) >= 11 is 0. The summed E-state index contributed by atoms with van der Waals surface area (Å²) in [6, 6.07) is 0. The third-order valence-corrected chi connectivity index (χ3v) is 4.58. The second-order valence-electron chi connectivity index (χ2n) is 7.84. The number of hydrogen-bond donors (Lipinski definition) is 2. The molecule has 0 bridgehead atoms. The van der Waals surface area contributed by atoms with Crippen LogP contribution in [-0.2, 0) is 9.53 Å². The molecule has 1 fully saturated rings. The molecule has 8 heteroatoms. The fraction of sp³-hybridized carbons (Fsp3) is 0.842. The summed E-state index contributed by atoms with van der Waals surface area (Å²) in [5, 5.41) is 6.03. The van der Waals surface area contributed by atoms with Crippen LogP contribution in [0.1, 0.15) is 47.0 Å². The van der Waals surface area contributed by atoms with Gasteiger partial charge in [-0.05, 0) is 46.5 Å². The number of guanidine groups is 1. The molecule has 0 aliphatic carbocycles. The van der Waals surface area contributed by atoms with Gasteiger partial charge in [-0.25, -0.2) is 4.79 Å². The zero-order valence-electron chi connectivity index (χ0n) is 17.8. The summed E-state index contributed by atoms with van der Waals surface area (Å²) in [6.07, 6.45) is 2.26. The van der Waals surface area contributed by atoms with Crippen molar-refractivity contribution >= 4 is 18.0 Å². The van der Waals surface area contributed by atoms with Crippen LogP contribution in [-0.4, -0.2) is 80.2 Å². The number of likely N-dealkylation sites (tertiary alicyclic amines) is 1. The third-order valence-electron chi connectivity index (χ3n) is 4.58. The zero-order chi connectivity index (χ0) is 20.4. The molecular formula is C19H37N5O3. The lowest BCUT2D eigenvalue weighted by Gasteiger charge is -2.34. The van der Waals surface area contributed by atoms with Crippen LogP contribution in [0.5, 0.6) is 0 Å². The van der Waals surface area contributed by atoms with Gasteiger partial charge in [0.05, 0.1) is 0 Å². The summed E-state index contributed by atoms with van der Waals surface area (Å²) in [5.41, 5.74) is -0.493. The van der Waals surface area contributed by atoms with Gasteiger partial charge in [-0.2, -0.15) is 0 Å². The summed E-state index contributed by atoms with van der Waals surface area (Å²) < 4.78 is 5.43. The van der Waals surface area contributed by atoms with Crippen molar-refractivity contribution in [3.8, 4) is 0 Å². The molecule has 0 radical (unpaired) electrons. The molecule has 0 unspecified atom stereocenters. The van der Waals surface area contributed by atoms with Gasteiger partial charge in [0.15, 0.2) is 5.96 Å². The molecule has 1 aliphatic heterocycles. The van der Waals surface area contributed by atoms with Gasteiger partial charge in [-0.15, -0.1) is 0 Å². The SMILES string of the molecule is CCN(CCNC(=NC)N1CCC(CC(=O)NC)CC1)C(=O)OC(C)(C)C. The van der Waals surface area contributed by atoms with E-state index >= 15 is 0 Å². The molecule has 8 nitrogen and oxygen atoms in total. The molecule has 2 amide bonds. The summed E-state index contributed by atoms with van der Waals surface area (Å²) in [7, 11) is 3.45. The van der Waals surface area contributed by atoms with Crippen molar-refractivity contribution in [3.05, 3.63) is 0 Å². The van der Waals surface area contributed by atoms with Crippen molar-refractivity contribution < 1.29 is 14.3 Å². The quantitative estimate of drug-likeness (QED) is 0.538. The van der Waals surface area contributed by atoms with Crippen molar-refractivity contribution in [2.75, 3.05) is 46.8 Å². The van der Waals surface area contributed by atoms with Gasteiger partial charge in [0.2, 0.25) is 5.91 Å². The molecule has 0 aromatic heterocycles. The monoisotopic (exact) mass is 383 g/mol. The fourth-order valence-electron chi connectivity index (χ4n) is 3.05. The summed E-state index contributed by atoms with van der Waals surface area (Å²) in [5.74, 6) is 1.38. The second-order valence-corrected chi connectivity index (χ2v) is 7.84. The Morgan fingerprint density at radius 1 is 1.26 bits per heavy atom. The third kappa shape index (κ3) is 8.49. The zero-order valence-corrected chi connectivity index (χ0v) is 17.8. The smallest absolute Gasteiger partial charge is 0.410 e. The first kappa shape index (κ1) is 23.0. The van der Waals surface area contributed by atoms with Crippen LogP contribution >= 0.6 is 0 Å². The van der Waals surface area contributed by atoms with Gasteiger partial charge < -0.3 is 25.2 Å². The van der Waals surface area contributed by atoms with Crippen LogP contribution in [0.2, 0.25) is 0 Å². The molecule has 0 saturated carbocycles. The minimum atomic E-state index is -0.493. The van der Waals surface area contributed by atoms with E-state index in [1.807, 2.05) is 27.7 Å². The standard InChI is InChI=1S/C19H37N5O3/c1-7-23(18(26)27-19(2,3)4)13-10-22-17(21-6)24-11-8-15(9-12-24)14-16(25)20-5/h15H,7-14H2,1-6H3,(H,20,25)(H,21,22). The Hall–Kier alpha value is -1.99. The molecule has 1 rings (SSSR count). The highest BCUT2D eigenvalue weighted by Crippen LogP contribution is 2.20. The van der Waals surface area contributed by atoms with Gasteiger partial charge >= 0.3 is 6.09 Å². The van der Waals surface area contributed by atoms with Crippen molar-refractivity contribution in [2.45, 2.75) is 52.6 Å². The van der Waals surface area contributed by atoms with E-state index in [4.69, 9.17) is 4.74 Å². The Labute approximate surface area is 163 Å². The Balaban J connectivity index is 2.42. The number of aliphatic imine (C=N–C) groups is 1. The number of amides is 2. The first-order valence-electron chi connectivity index (χ1n) is 9.84. The normalized spacial score (nSPS) is 16.1. The van der Waals surface area contributed by atoms with Crippen LogP contribution in [0.4, 0.5) is 4.79 Å². The van der Waals surface area contributed by atoms with Crippen LogP contribution in [0, 0.1) is 5.92 Å². The highest BCUT2D eigenvalue weighted by molar-refractivity contribution is 5.80. The Morgan fingerprint density at radius 3 is 2.37 bits per heavy atom. The summed E-state index contributed by atoms with van der Waals surface area (Å²) in [4.78, 5) is 32.0. The van der Waals surface area contributed by atoms with Crippen molar-refractivity contribution in [2.24, 2.45) is 10.9 Å². The van der Waals surface area contributed by atoms with E-state index in [9.17, 15) is 9.59 Å². The highest BCUT2D eigenvalue weighted by atomic mass is 16.6. The van der Waals surface area contributed by atoms with Gasteiger partial charge in [-0.3, -0.25) is 9.79 Å². The van der Waals surface area contributed by atoms with Crippen molar-refractivity contribution in [1.82, 2.24) is 20.4 Å². The predicted octanol–water partition coefficient (Wildman–Crippen LogP) is 1.67. The van der Waals surface area contributed by atoms with Crippen LogP contribution in [0.3, 0.4) is 0 Å². The topological polar surface area (TPSA) is 86.3 Å². The van der Waals surface area contributed by atoms with E-state index in [0.29, 0.717) is 32.0 Å². The fourth-order valence-corrected chi connectivity index (χ4v) is 3.05. The predicted molar refractivity (Wildman–Crippen MR) is 108 cm³/mol. The first-order chi connectivity index (χ1) is 12.7. The molecule has 2 N–H and O–H groups in total. The van der Waals surface area contributed by atoms with Crippen LogP contribution in [0.15, 0.2) is 4.99 Å². The molecule has 1 saturated heterocycles. The molecule has 0 atom stereocenters. The van der Waals surface area contributed by atoms with Crippen LogP contribution < -0.4 is 10.6 Å². The lowest BCUT2D eigenvalue weighted by atomic mass is 9.93. The number of carbonyl (C=O) groups excluding carboxylic acids is 2. The molecule has 0 aromatic carbocycles. The molecule has 156 valence electrons. The highest BCUT2D eigenvalue weighted by Gasteiger charge is 2.24. The van der Waals surface area contributed by atoms with Gasteiger partial charge in [-0.1, -0.05) is 0 Å². The number of carbonyl (C=O) groups is 2. The number of piperidine rings is 1. The van der Waals surface area contributed by atoms with Gasteiger partial charge in [0.25, 0.3) is 0 Å². The average Bonchev–Trinajstić information content (AvgIpc) is 2.61. The van der Waals surface area contributed by atoms with Gasteiger partial charge in [0.1, 0.15) is 5.60 Å². The largest absolute Gasteiger partial charge is 0.444 e. The number of nitrogens with one attached hydrogen (secondary N) is 2.